The molecule has 0 aliphatic rings. The van der Waals surface area contributed by atoms with E-state index in [-0.39, 0.29) is 55.2 Å². The largest absolute Gasteiger partial charge is 0.584 e. The minimum absolute atomic E-state index is 0. The van der Waals surface area contributed by atoms with Crippen molar-refractivity contribution in [3.8, 4) is 11.9 Å². The van der Waals surface area contributed by atoms with Crippen molar-refractivity contribution in [3.63, 3.8) is 0 Å². The van der Waals surface area contributed by atoms with Gasteiger partial charge >= 0.3 is 0 Å². The third-order valence-electron chi connectivity index (χ3n) is 4.05. The maximum Gasteiger partial charge on any atom is 0.272 e. The van der Waals surface area contributed by atoms with Gasteiger partial charge in [0.1, 0.15) is 5.69 Å². The van der Waals surface area contributed by atoms with Crippen LogP contribution in [0.1, 0.15) is 32.0 Å². The molecule has 0 unspecified atom stereocenters. The molecule has 0 aliphatic heterocycles. The first-order valence-electron chi connectivity index (χ1n) is 8.17. The zero-order valence-corrected chi connectivity index (χ0v) is 20.7. The van der Waals surface area contributed by atoms with Crippen molar-refractivity contribution in [1.82, 2.24) is 15.0 Å². The molecule has 30 heavy (non-hydrogen) atoms. The van der Waals surface area contributed by atoms with E-state index in [1.807, 2.05) is 6.07 Å². The number of aryl methyl sites for hydroxylation is 1. The van der Waals surface area contributed by atoms with E-state index >= 15 is 0 Å². The molecule has 0 aliphatic carbocycles. The number of halogens is 2. The number of anilines is 1. The summed E-state index contributed by atoms with van der Waals surface area (Å²) in [6.07, 6.45) is 3.20. The fourth-order valence-corrected chi connectivity index (χ4v) is 3.41. The van der Waals surface area contributed by atoms with Gasteiger partial charge in [-0.3, -0.25) is 14.2 Å². The minimum atomic E-state index is -0.746. The molecule has 1 aromatic carbocycles. The van der Waals surface area contributed by atoms with Gasteiger partial charge in [-0.05, 0) is 58.7 Å². The number of hydrogen-bond acceptors (Lipinski definition) is 4. The molecule has 3 N–H and O–H groups in total. The summed E-state index contributed by atoms with van der Waals surface area (Å²) in [6, 6.07) is 9.73. The molecule has 2 amide bonds. The number of benzene rings is 1. The molecule has 2 aromatic heterocycles. The van der Waals surface area contributed by atoms with Crippen molar-refractivity contribution >= 4 is 45.0 Å². The number of hydrogen-bond donors (Lipinski definition) is 2. The van der Waals surface area contributed by atoms with Crippen molar-refractivity contribution in [2.75, 3.05) is 5.32 Å². The van der Waals surface area contributed by atoms with Gasteiger partial charge in [0.2, 0.25) is 5.91 Å². The van der Waals surface area contributed by atoms with Gasteiger partial charge in [0, 0.05) is 49.6 Å². The molecule has 11 heteroatoms. The average molecular weight is 562 g/mol. The Labute approximate surface area is 210 Å². The molecular weight excluding hydrogens is 549 g/mol. The third kappa shape index (κ3) is 4.97. The van der Waals surface area contributed by atoms with Crippen LogP contribution in [0.4, 0.5) is 5.69 Å². The van der Waals surface area contributed by atoms with E-state index in [0.717, 1.165) is 0 Å². The van der Waals surface area contributed by atoms with Crippen molar-refractivity contribution in [3.05, 3.63) is 80.4 Å². The minimum Gasteiger partial charge on any atom is -0.584 e. The van der Waals surface area contributed by atoms with E-state index in [4.69, 9.17) is 22.7 Å². The van der Waals surface area contributed by atoms with E-state index < -0.39 is 11.8 Å². The van der Waals surface area contributed by atoms with Gasteiger partial charge in [0.15, 0.2) is 5.82 Å². The number of nitrogens with zero attached hydrogens (tertiary/aromatic N) is 3. The number of carbonyl (C=O) groups is 2. The number of pyridine rings is 1. The number of nitriles is 1. The van der Waals surface area contributed by atoms with E-state index in [9.17, 15) is 9.59 Å². The van der Waals surface area contributed by atoms with Crippen LogP contribution in [0.2, 0.25) is 5.02 Å². The SMILES string of the molecule is Cc1cc(C#N)cc(C(=O)N[NH-])c1NC(=O)c1cc(Br)cn1-c1ncccc1Cl.[Y]. The summed E-state index contributed by atoms with van der Waals surface area (Å²) in [5.41, 5.74) is 2.95. The van der Waals surface area contributed by atoms with E-state index in [1.54, 1.807) is 49.0 Å². The number of nitrogens with one attached hydrogen (secondary N) is 3. The number of rotatable bonds is 4. The van der Waals surface area contributed by atoms with Gasteiger partial charge < -0.3 is 16.6 Å². The Balaban J connectivity index is 0.00000320. The first kappa shape index (κ1) is 24.2. The predicted octanol–water partition coefficient (Wildman–Crippen LogP) is 4.42. The summed E-state index contributed by atoms with van der Waals surface area (Å²) in [5.74, 6) is 6.23. The molecule has 0 spiro atoms. The second-order valence-corrected chi connectivity index (χ2v) is 7.28. The van der Waals surface area contributed by atoms with E-state index in [1.165, 1.54) is 10.6 Å². The van der Waals surface area contributed by atoms with Gasteiger partial charge in [0.25, 0.3) is 5.91 Å². The fraction of sp³-hybridized carbons (Fsp3) is 0.0526. The van der Waals surface area contributed by atoms with Crippen LogP contribution in [0.3, 0.4) is 0 Å². The third-order valence-corrected chi connectivity index (χ3v) is 4.78. The normalized spacial score (nSPS) is 9.97. The topological polar surface area (TPSA) is 124 Å². The Morgan fingerprint density at radius 3 is 2.67 bits per heavy atom. The zero-order valence-electron chi connectivity index (χ0n) is 15.5. The zero-order chi connectivity index (χ0) is 21.1. The summed E-state index contributed by atoms with van der Waals surface area (Å²) in [5, 5.41) is 12.2. The van der Waals surface area contributed by atoms with Gasteiger partial charge in [-0.25, -0.2) is 4.98 Å². The summed E-state index contributed by atoms with van der Waals surface area (Å²) in [7, 11) is 0. The van der Waals surface area contributed by atoms with Crippen molar-refractivity contribution in [2.24, 2.45) is 0 Å². The maximum atomic E-state index is 13.0. The van der Waals surface area contributed by atoms with Crippen LogP contribution in [0, 0.1) is 18.3 Å². The molecule has 0 bridgehead atoms. The van der Waals surface area contributed by atoms with Crippen LogP contribution < -0.4 is 10.7 Å². The summed E-state index contributed by atoms with van der Waals surface area (Å²) < 4.78 is 2.15. The smallest absolute Gasteiger partial charge is 0.272 e. The van der Waals surface area contributed by atoms with Gasteiger partial charge in [-0.1, -0.05) is 11.6 Å². The standard InChI is InChI=1S/C19H13BrClN6O2.Y/c1-10-5-11(8-22)6-13(18(28)26-23)16(10)25-19(29)15-7-12(20)9-27(15)17-14(21)3-2-4-24-17;/h2-7,9,23H,1H3,(H2,25,26,28,29);/q-1;. The van der Waals surface area contributed by atoms with Crippen LogP contribution in [0.25, 0.3) is 11.7 Å². The Hall–Kier alpha value is -2.09. The summed E-state index contributed by atoms with van der Waals surface area (Å²) >= 11 is 9.56. The van der Waals surface area contributed by atoms with Crippen LogP contribution in [0.5, 0.6) is 0 Å². The van der Waals surface area contributed by atoms with Gasteiger partial charge in [0.05, 0.1) is 27.9 Å². The number of carbonyl (C=O) groups excluding carboxylic acids is 2. The summed E-state index contributed by atoms with van der Waals surface area (Å²) in [4.78, 5) is 29.4. The van der Waals surface area contributed by atoms with Crippen LogP contribution >= 0.6 is 27.5 Å². The quantitative estimate of drug-likeness (QED) is 0.458. The first-order chi connectivity index (χ1) is 13.8. The Bertz CT molecular complexity index is 1170. The second kappa shape index (κ2) is 10.3. The summed E-state index contributed by atoms with van der Waals surface area (Å²) in [6.45, 7) is 1.65. The van der Waals surface area contributed by atoms with Crippen molar-refractivity contribution in [1.29, 1.82) is 5.26 Å². The van der Waals surface area contributed by atoms with Crippen LogP contribution in [0.15, 0.2) is 47.2 Å². The molecule has 2 heterocycles. The molecule has 149 valence electrons. The molecule has 3 aromatic rings. The Kier molecular flexibility index (Phi) is 8.29. The van der Waals surface area contributed by atoms with Crippen molar-refractivity contribution < 1.29 is 42.3 Å². The fourth-order valence-electron chi connectivity index (χ4n) is 2.78. The molecule has 0 atom stereocenters. The van der Waals surface area contributed by atoms with Crippen LogP contribution in [-0.2, 0) is 32.7 Å². The van der Waals surface area contributed by atoms with Gasteiger partial charge in [-0.2, -0.15) is 5.26 Å². The van der Waals surface area contributed by atoms with Gasteiger partial charge in [-0.15, -0.1) is 0 Å². The number of aromatic nitrogens is 2. The Morgan fingerprint density at radius 1 is 1.30 bits per heavy atom. The molecule has 1 radical (unpaired) electrons. The van der Waals surface area contributed by atoms with E-state index in [0.29, 0.717) is 20.9 Å². The maximum absolute atomic E-state index is 13.0. The van der Waals surface area contributed by atoms with E-state index in [2.05, 4.69) is 26.2 Å². The molecule has 8 nitrogen and oxygen atoms in total. The predicted molar refractivity (Wildman–Crippen MR) is 112 cm³/mol. The molecule has 0 fully saturated rings. The van der Waals surface area contributed by atoms with Crippen LogP contribution in [-0.4, -0.2) is 21.4 Å². The molecule has 0 saturated carbocycles. The first-order valence-corrected chi connectivity index (χ1v) is 9.34. The molecular formula is C19H13BrClN6O2Y-. The Morgan fingerprint density at radius 2 is 2.03 bits per heavy atom. The average Bonchev–Trinajstić information content (AvgIpc) is 3.10. The number of amides is 2. The monoisotopic (exact) mass is 560 g/mol. The molecule has 0 saturated heterocycles. The second-order valence-electron chi connectivity index (χ2n) is 5.96. The van der Waals surface area contributed by atoms with Crippen molar-refractivity contribution in [2.45, 2.75) is 6.92 Å². The molecule has 3 rings (SSSR count).